The molecule has 0 aliphatic heterocycles. The number of aryl methyl sites for hydroxylation is 1. The first kappa shape index (κ1) is 28.1. The predicted molar refractivity (Wildman–Crippen MR) is 138 cm³/mol. The van der Waals surface area contributed by atoms with Gasteiger partial charge in [-0.1, -0.05) is 49.6 Å². The first-order chi connectivity index (χ1) is 18.6. The second-order valence-corrected chi connectivity index (χ2v) is 9.52. The SMILES string of the molecule is Cc1ccccc1C(C(=O)NC1CCCCC1)N(C(=O)COc1cc(C(F)(F)F)ccn1)c1cccc(F)c1. The van der Waals surface area contributed by atoms with E-state index in [1.54, 1.807) is 31.2 Å². The molecule has 0 spiro atoms. The number of nitrogens with zero attached hydrogens (tertiary/aromatic N) is 2. The summed E-state index contributed by atoms with van der Waals surface area (Å²) in [6.07, 6.45) is 0.971. The van der Waals surface area contributed by atoms with Gasteiger partial charge in [-0.15, -0.1) is 0 Å². The molecule has 1 unspecified atom stereocenters. The number of anilines is 1. The average molecular weight is 544 g/mol. The minimum Gasteiger partial charge on any atom is -0.468 e. The largest absolute Gasteiger partial charge is 0.468 e. The van der Waals surface area contributed by atoms with E-state index in [1.165, 1.54) is 18.2 Å². The van der Waals surface area contributed by atoms with Gasteiger partial charge < -0.3 is 10.1 Å². The highest BCUT2D eigenvalue weighted by atomic mass is 19.4. The van der Waals surface area contributed by atoms with E-state index in [1.807, 2.05) is 0 Å². The number of halogens is 4. The normalized spacial score (nSPS) is 14.9. The first-order valence-electron chi connectivity index (χ1n) is 12.7. The Hall–Kier alpha value is -3.95. The predicted octanol–water partition coefficient (Wildman–Crippen LogP) is 6.15. The van der Waals surface area contributed by atoms with Crippen molar-refractivity contribution in [2.24, 2.45) is 0 Å². The molecule has 3 aromatic rings. The third kappa shape index (κ3) is 7.13. The zero-order valence-corrected chi connectivity index (χ0v) is 21.4. The monoisotopic (exact) mass is 543 g/mol. The topological polar surface area (TPSA) is 71.5 Å². The van der Waals surface area contributed by atoms with E-state index < -0.39 is 47.9 Å². The maximum atomic E-state index is 14.3. The minimum atomic E-state index is -4.62. The molecular weight excluding hydrogens is 514 g/mol. The van der Waals surface area contributed by atoms with Gasteiger partial charge in [-0.25, -0.2) is 9.37 Å². The van der Waals surface area contributed by atoms with Crippen molar-refractivity contribution in [1.29, 1.82) is 0 Å². The number of aromatic nitrogens is 1. The van der Waals surface area contributed by atoms with E-state index in [0.717, 1.165) is 60.9 Å². The summed E-state index contributed by atoms with van der Waals surface area (Å²) in [6.45, 7) is 1.07. The van der Waals surface area contributed by atoms with Gasteiger partial charge in [0.2, 0.25) is 11.8 Å². The van der Waals surface area contributed by atoms with Gasteiger partial charge in [-0.2, -0.15) is 13.2 Å². The summed E-state index contributed by atoms with van der Waals surface area (Å²) in [5.41, 5.74) is 0.385. The van der Waals surface area contributed by atoms with Gasteiger partial charge in [-0.3, -0.25) is 14.5 Å². The lowest BCUT2D eigenvalue weighted by Gasteiger charge is -2.34. The Morgan fingerprint density at radius 1 is 1.05 bits per heavy atom. The lowest BCUT2D eigenvalue weighted by Crippen LogP contribution is -2.48. The van der Waals surface area contributed by atoms with Gasteiger partial charge in [0.1, 0.15) is 11.9 Å². The lowest BCUT2D eigenvalue weighted by molar-refractivity contribution is -0.137. The summed E-state index contributed by atoms with van der Waals surface area (Å²) in [5.74, 6) is -2.23. The van der Waals surface area contributed by atoms with Crippen LogP contribution in [-0.2, 0) is 15.8 Å². The zero-order chi connectivity index (χ0) is 28.0. The average Bonchev–Trinajstić information content (AvgIpc) is 2.91. The van der Waals surface area contributed by atoms with Crippen LogP contribution in [0, 0.1) is 12.7 Å². The first-order valence-corrected chi connectivity index (χ1v) is 12.7. The van der Waals surface area contributed by atoms with Crippen molar-refractivity contribution >= 4 is 17.5 Å². The van der Waals surface area contributed by atoms with E-state index in [0.29, 0.717) is 11.6 Å². The Morgan fingerprint density at radius 3 is 2.49 bits per heavy atom. The van der Waals surface area contributed by atoms with Gasteiger partial charge in [0.05, 0.1) is 5.56 Å². The number of nitrogens with one attached hydrogen (secondary N) is 1. The Balaban J connectivity index is 1.70. The summed E-state index contributed by atoms with van der Waals surface area (Å²) in [4.78, 5) is 32.4. The summed E-state index contributed by atoms with van der Waals surface area (Å²) < 4.78 is 59.1. The van der Waals surface area contributed by atoms with Crippen LogP contribution in [0.4, 0.5) is 23.2 Å². The molecule has 6 nitrogen and oxygen atoms in total. The number of ether oxygens (including phenoxy) is 1. The number of hydrogen-bond acceptors (Lipinski definition) is 4. The summed E-state index contributed by atoms with van der Waals surface area (Å²) in [7, 11) is 0. The molecule has 1 atom stereocenters. The Kier molecular flexibility index (Phi) is 8.83. The molecule has 1 aliphatic carbocycles. The van der Waals surface area contributed by atoms with Gasteiger partial charge in [-0.05, 0) is 55.2 Å². The number of amides is 2. The smallest absolute Gasteiger partial charge is 0.416 e. The molecule has 0 bridgehead atoms. The zero-order valence-electron chi connectivity index (χ0n) is 21.4. The van der Waals surface area contributed by atoms with Crippen LogP contribution in [0.25, 0.3) is 0 Å². The van der Waals surface area contributed by atoms with Crippen LogP contribution in [0.2, 0.25) is 0 Å². The van der Waals surface area contributed by atoms with Crippen LogP contribution in [0.5, 0.6) is 5.88 Å². The highest BCUT2D eigenvalue weighted by Gasteiger charge is 2.36. The summed E-state index contributed by atoms with van der Waals surface area (Å²) >= 11 is 0. The van der Waals surface area contributed by atoms with Crippen molar-refractivity contribution in [2.75, 3.05) is 11.5 Å². The van der Waals surface area contributed by atoms with Gasteiger partial charge in [0, 0.05) is 24.0 Å². The molecule has 1 fully saturated rings. The fourth-order valence-corrected chi connectivity index (χ4v) is 4.75. The van der Waals surface area contributed by atoms with E-state index in [2.05, 4.69) is 10.3 Å². The second kappa shape index (κ2) is 12.3. The van der Waals surface area contributed by atoms with Crippen molar-refractivity contribution in [3.63, 3.8) is 0 Å². The summed E-state index contributed by atoms with van der Waals surface area (Å²) in [6, 6.07) is 12.5. The number of benzene rings is 2. The molecule has 2 aromatic carbocycles. The molecule has 1 aromatic heterocycles. The minimum absolute atomic E-state index is 0.0622. The third-order valence-corrected chi connectivity index (χ3v) is 6.70. The molecule has 2 amide bonds. The van der Waals surface area contributed by atoms with Crippen molar-refractivity contribution in [1.82, 2.24) is 10.3 Å². The van der Waals surface area contributed by atoms with Crippen molar-refractivity contribution in [3.05, 3.63) is 89.4 Å². The van der Waals surface area contributed by atoms with Gasteiger partial charge >= 0.3 is 6.18 Å². The fourth-order valence-electron chi connectivity index (χ4n) is 4.75. The highest BCUT2D eigenvalue weighted by Crippen LogP contribution is 2.33. The molecule has 0 radical (unpaired) electrons. The maximum absolute atomic E-state index is 14.3. The molecule has 39 heavy (non-hydrogen) atoms. The van der Waals surface area contributed by atoms with E-state index in [-0.39, 0.29) is 11.7 Å². The van der Waals surface area contributed by atoms with Crippen LogP contribution in [-0.4, -0.2) is 29.4 Å². The summed E-state index contributed by atoms with van der Waals surface area (Å²) in [5, 5.41) is 3.06. The number of pyridine rings is 1. The van der Waals surface area contributed by atoms with Crippen LogP contribution < -0.4 is 15.0 Å². The van der Waals surface area contributed by atoms with Crippen molar-refractivity contribution in [3.8, 4) is 5.88 Å². The highest BCUT2D eigenvalue weighted by molar-refractivity contribution is 6.02. The van der Waals surface area contributed by atoms with Gasteiger partial charge in [0.15, 0.2) is 6.61 Å². The lowest BCUT2D eigenvalue weighted by atomic mass is 9.93. The van der Waals surface area contributed by atoms with Gasteiger partial charge in [0.25, 0.3) is 5.91 Å². The van der Waals surface area contributed by atoms with Crippen molar-refractivity contribution in [2.45, 2.75) is 57.3 Å². The number of alkyl halides is 3. The number of hydrogen-bond donors (Lipinski definition) is 1. The standard InChI is InChI=1S/C29H29F4N3O3/c1-19-8-5-6-13-24(19)27(28(38)35-22-10-3-2-4-11-22)36(23-12-7-9-21(30)17-23)26(37)18-39-25-16-20(14-15-34-25)29(31,32)33/h5-9,12-17,22,27H,2-4,10-11,18H2,1H3,(H,35,38). The van der Waals surface area contributed by atoms with E-state index in [9.17, 15) is 27.2 Å². The number of carbonyl (C=O) groups excluding carboxylic acids is 2. The maximum Gasteiger partial charge on any atom is 0.416 e. The molecule has 10 heteroatoms. The van der Waals surface area contributed by atoms with Crippen LogP contribution in [0.1, 0.15) is 54.8 Å². The Labute approximate surface area is 224 Å². The molecule has 206 valence electrons. The van der Waals surface area contributed by atoms with E-state index >= 15 is 0 Å². The van der Waals surface area contributed by atoms with Crippen LogP contribution in [0.3, 0.4) is 0 Å². The Morgan fingerprint density at radius 2 is 1.79 bits per heavy atom. The molecule has 1 aliphatic rings. The molecule has 4 rings (SSSR count). The van der Waals surface area contributed by atoms with Crippen LogP contribution in [0.15, 0.2) is 66.9 Å². The van der Waals surface area contributed by atoms with Crippen molar-refractivity contribution < 1.29 is 31.9 Å². The number of rotatable bonds is 8. The molecule has 1 heterocycles. The molecule has 0 saturated heterocycles. The van der Waals surface area contributed by atoms with E-state index in [4.69, 9.17) is 4.74 Å². The molecule has 1 saturated carbocycles. The Bertz CT molecular complexity index is 1310. The van der Waals surface area contributed by atoms with Crippen LogP contribution >= 0.6 is 0 Å². The second-order valence-electron chi connectivity index (χ2n) is 9.52. The quantitative estimate of drug-likeness (QED) is 0.346. The third-order valence-electron chi connectivity index (χ3n) is 6.70. The fraction of sp³-hybridized carbons (Fsp3) is 0.345. The molecule has 1 N–H and O–H groups in total. The molecular formula is C29H29F4N3O3. The number of carbonyl (C=O) groups is 2.